The summed E-state index contributed by atoms with van der Waals surface area (Å²) in [6.45, 7) is 7.56. The lowest BCUT2D eigenvalue weighted by molar-refractivity contribution is -0.126. The van der Waals surface area contributed by atoms with Crippen molar-refractivity contribution >= 4 is 15.9 Å². The summed E-state index contributed by atoms with van der Waals surface area (Å²) in [5.41, 5.74) is 4.08. The first kappa shape index (κ1) is 23.3. The van der Waals surface area contributed by atoms with E-state index >= 15 is 0 Å². The van der Waals surface area contributed by atoms with Crippen LogP contribution < -0.4 is 10.1 Å². The Morgan fingerprint density at radius 3 is 2.35 bits per heavy atom. The maximum atomic E-state index is 12.8. The second-order valence-electron chi connectivity index (χ2n) is 8.32. The number of aryl methyl sites for hydroxylation is 3. The molecule has 1 heterocycles. The zero-order chi connectivity index (χ0) is 22.4. The van der Waals surface area contributed by atoms with Crippen molar-refractivity contribution in [3.63, 3.8) is 0 Å². The van der Waals surface area contributed by atoms with Crippen molar-refractivity contribution in [1.29, 1.82) is 0 Å². The van der Waals surface area contributed by atoms with Crippen molar-refractivity contribution in [2.24, 2.45) is 5.92 Å². The van der Waals surface area contributed by atoms with E-state index in [0.717, 1.165) is 28.0 Å². The van der Waals surface area contributed by atoms with E-state index in [0.29, 0.717) is 39.1 Å². The van der Waals surface area contributed by atoms with Crippen LogP contribution in [0.15, 0.2) is 42.5 Å². The Morgan fingerprint density at radius 1 is 1.06 bits per heavy atom. The van der Waals surface area contributed by atoms with Crippen molar-refractivity contribution in [2.75, 3.05) is 26.2 Å². The summed E-state index contributed by atoms with van der Waals surface area (Å²) in [4.78, 5) is 12.5. The van der Waals surface area contributed by atoms with Crippen LogP contribution in [0.4, 0.5) is 0 Å². The highest BCUT2D eigenvalue weighted by Crippen LogP contribution is 2.23. The Bertz CT molecular complexity index is 992. The SMILES string of the molecule is Cc1cc(C)cc(OCCNC(=O)C2CCN(S(=O)(=O)Cc3ccccc3C)CC2)c1. The largest absolute Gasteiger partial charge is 0.492 e. The van der Waals surface area contributed by atoms with Gasteiger partial charge in [0.15, 0.2) is 0 Å². The normalized spacial score (nSPS) is 15.6. The molecule has 2 aromatic carbocycles. The Balaban J connectivity index is 1.42. The quantitative estimate of drug-likeness (QED) is 0.634. The first-order chi connectivity index (χ1) is 14.7. The van der Waals surface area contributed by atoms with E-state index in [-0.39, 0.29) is 17.6 Å². The van der Waals surface area contributed by atoms with Gasteiger partial charge in [0.25, 0.3) is 0 Å². The highest BCUT2D eigenvalue weighted by atomic mass is 32.2. The molecule has 0 aromatic heterocycles. The number of carbonyl (C=O) groups is 1. The fraction of sp³-hybridized carbons (Fsp3) is 0.458. The summed E-state index contributed by atoms with van der Waals surface area (Å²) in [5.74, 6) is 0.622. The zero-order valence-electron chi connectivity index (χ0n) is 18.6. The summed E-state index contributed by atoms with van der Waals surface area (Å²) < 4.78 is 32.8. The molecule has 7 heteroatoms. The van der Waals surface area contributed by atoms with E-state index in [9.17, 15) is 13.2 Å². The van der Waals surface area contributed by atoms with Gasteiger partial charge in [-0.15, -0.1) is 0 Å². The van der Waals surface area contributed by atoms with E-state index in [4.69, 9.17) is 4.74 Å². The molecule has 0 saturated carbocycles. The molecule has 1 fully saturated rings. The summed E-state index contributed by atoms with van der Waals surface area (Å²) >= 11 is 0. The molecule has 31 heavy (non-hydrogen) atoms. The smallest absolute Gasteiger partial charge is 0.223 e. The number of hydrogen-bond acceptors (Lipinski definition) is 4. The van der Waals surface area contributed by atoms with Crippen molar-refractivity contribution in [3.8, 4) is 5.75 Å². The number of nitrogens with one attached hydrogen (secondary N) is 1. The van der Waals surface area contributed by atoms with Gasteiger partial charge in [0.1, 0.15) is 12.4 Å². The highest BCUT2D eigenvalue weighted by Gasteiger charge is 2.31. The van der Waals surface area contributed by atoms with Crippen LogP contribution >= 0.6 is 0 Å². The molecule has 0 spiro atoms. The van der Waals surface area contributed by atoms with Gasteiger partial charge in [-0.05, 0) is 68.0 Å². The van der Waals surface area contributed by atoms with Crippen LogP contribution in [0.2, 0.25) is 0 Å². The number of ether oxygens (including phenoxy) is 1. The minimum Gasteiger partial charge on any atom is -0.492 e. The molecular formula is C24H32N2O4S. The molecule has 0 radical (unpaired) electrons. The Kier molecular flexibility index (Phi) is 7.73. The van der Waals surface area contributed by atoms with Crippen molar-refractivity contribution in [3.05, 3.63) is 64.7 Å². The van der Waals surface area contributed by atoms with E-state index in [1.807, 2.05) is 57.2 Å². The van der Waals surface area contributed by atoms with E-state index in [2.05, 4.69) is 11.4 Å². The number of rotatable bonds is 8. The van der Waals surface area contributed by atoms with Crippen LogP contribution in [0.1, 0.15) is 35.1 Å². The van der Waals surface area contributed by atoms with Crippen LogP contribution in [0.5, 0.6) is 5.75 Å². The summed E-state index contributed by atoms with van der Waals surface area (Å²) in [6, 6.07) is 13.6. The average molecular weight is 445 g/mol. The lowest BCUT2D eigenvalue weighted by atomic mass is 9.97. The molecule has 0 unspecified atom stereocenters. The molecule has 2 aromatic rings. The van der Waals surface area contributed by atoms with Crippen molar-refractivity contribution in [2.45, 2.75) is 39.4 Å². The number of nitrogens with zero attached hydrogens (tertiary/aromatic N) is 1. The molecule has 1 amide bonds. The highest BCUT2D eigenvalue weighted by molar-refractivity contribution is 7.88. The van der Waals surface area contributed by atoms with Crippen LogP contribution in [-0.2, 0) is 20.6 Å². The minimum atomic E-state index is -3.39. The Hall–Kier alpha value is -2.38. The minimum absolute atomic E-state index is 0.00626. The molecule has 3 rings (SSSR count). The fourth-order valence-corrected chi connectivity index (χ4v) is 5.63. The molecule has 168 valence electrons. The van der Waals surface area contributed by atoms with E-state index < -0.39 is 10.0 Å². The standard InChI is InChI=1S/C24H32N2O4S/c1-18-14-19(2)16-23(15-18)30-13-10-25-24(27)21-8-11-26(12-9-21)31(28,29)17-22-7-5-4-6-20(22)3/h4-7,14-16,21H,8-13,17H2,1-3H3,(H,25,27). The van der Waals surface area contributed by atoms with Gasteiger partial charge in [-0.2, -0.15) is 0 Å². The summed E-state index contributed by atoms with van der Waals surface area (Å²) in [5, 5.41) is 2.92. The van der Waals surface area contributed by atoms with Gasteiger partial charge in [-0.3, -0.25) is 4.79 Å². The third-order valence-electron chi connectivity index (χ3n) is 5.68. The molecule has 1 saturated heterocycles. The number of benzene rings is 2. The molecule has 0 aliphatic carbocycles. The van der Waals surface area contributed by atoms with Crippen molar-refractivity contribution < 1.29 is 17.9 Å². The van der Waals surface area contributed by atoms with Gasteiger partial charge in [-0.1, -0.05) is 30.3 Å². The lowest BCUT2D eigenvalue weighted by Crippen LogP contribution is -2.44. The first-order valence-electron chi connectivity index (χ1n) is 10.8. The zero-order valence-corrected chi connectivity index (χ0v) is 19.4. The fourth-order valence-electron chi connectivity index (χ4n) is 3.96. The summed E-state index contributed by atoms with van der Waals surface area (Å²) in [7, 11) is -3.39. The van der Waals surface area contributed by atoms with Crippen LogP contribution in [0.3, 0.4) is 0 Å². The maximum absolute atomic E-state index is 12.8. The lowest BCUT2D eigenvalue weighted by Gasteiger charge is -2.30. The summed E-state index contributed by atoms with van der Waals surface area (Å²) in [6.07, 6.45) is 1.08. The van der Waals surface area contributed by atoms with Crippen LogP contribution in [-0.4, -0.2) is 44.9 Å². The molecule has 1 aliphatic rings. The predicted molar refractivity (Wildman–Crippen MR) is 123 cm³/mol. The number of sulfonamides is 1. The van der Waals surface area contributed by atoms with Gasteiger partial charge in [0.05, 0.1) is 12.3 Å². The third kappa shape index (κ3) is 6.55. The Morgan fingerprint density at radius 2 is 1.71 bits per heavy atom. The molecule has 1 N–H and O–H groups in total. The van der Waals surface area contributed by atoms with Crippen molar-refractivity contribution in [1.82, 2.24) is 9.62 Å². The maximum Gasteiger partial charge on any atom is 0.223 e. The van der Waals surface area contributed by atoms with Crippen LogP contribution in [0, 0.1) is 26.7 Å². The number of piperidine rings is 1. The topological polar surface area (TPSA) is 75.7 Å². The first-order valence-corrected chi connectivity index (χ1v) is 12.4. The van der Waals surface area contributed by atoms with Crippen LogP contribution in [0.25, 0.3) is 0 Å². The van der Waals surface area contributed by atoms with E-state index in [1.54, 1.807) is 0 Å². The average Bonchev–Trinajstić information content (AvgIpc) is 2.72. The number of carbonyl (C=O) groups excluding carboxylic acids is 1. The second-order valence-corrected chi connectivity index (χ2v) is 10.3. The molecular weight excluding hydrogens is 412 g/mol. The van der Waals surface area contributed by atoms with Gasteiger partial charge < -0.3 is 10.1 Å². The van der Waals surface area contributed by atoms with Gasteiger partial charge in [-0.25, -0.2) is 12.7 Å². The predicted octanol–water partition coefficient (Wildman–Crippen LogP) is 3.35. The number of amides is 1. The second kappa shape index (κ2) is 10.3. The van der Waals surface area contributed by atoms with E-state index in [1.165, 1.54) is 4.31 Å². The van der Waals surface area contributed by atoms with Gasteiger partial charge in [0, 0.05) is 19.0 Å². The Labute approximate surface area is 185 Å². The third-order valence-corrected chi connectivity index (χ3v) is 7.51. The van der Waals surface area contributed by atoms with Gasteiger partial charge in [0.2, 0.25) is 15.9 Å². The molecule has 6 nitrogen and oxygen atoms in total. The number of hydrogen-bond donors (Lipinski definition) is 1. The molecule has 0 bridgehead atoms. The molecule has 0 atom stereocenters. The van der Waals surface area contributed by atoms with Gasteiger partial charge >= 0.3 is 0 Å². The monoisotopic (exact) mass is 444 g/mol. The molecule has 1 aliphatic heterocycles.